The Bertz CT molecular complexity index is 1390. The number of rotatable bonds is 4. The topological polar surface area (TPSA) is 89.6 Å². The fourth-order valence-corrected chi connectivity index (χ4v) is 4.14. The van der Waals surface area contributed by atoms with Crippen molar-refractivity contribution < 1.29 is 19.4 Å². The molecule has 2 aromatic heterocycles. The van der Waals surface area contributed by atoms with Crippen LogP contribution in [0.4, 0.5) is 10.5 Å². The molecule has 0 fully saturated rings. The van der Waals surface area contributed by atoms with E-state index in [1.54, 1.807) is 33.9 Å². The van der Waals surface area contributed by atoms with Gasteiger partial charge in [-0.2, -0.15) is 0 Å². The van der Waals surface area contributed by atoms with Gasteiger partial charge in [0, 0.05) is 31.5 Å². The molecule has 2 aromatic carbocycles. The van der Waals surface area contributed by atoms with Crippen LogP contribution in [-0.2, 0) is 18.3 Å². The summed E-state index contributed by atoms with van der Waals surface area (Å²) >= 11 is 0. The highest BCUT2D eigenvalue weighted by molar-refractivity contribution is 6.08. The highest BCUT2D eigenvalue weighted by Gasteiger charge is 2.27. The maximum absolute atomic E-state index is 12.8. The standard InChI is InChI=1S/C25H28N4O4/c1-7-29-17-11-9-8-10-15(17)14-19(29)22-26-20-16(23(30)31)12-13-18(21(20)28(22)6)27(5)24(32)33-25(2,3)4/h8-14H,7H2,1-6H3,(H,30,31). The molecule has 4 aromatic rings. The summed E-state index contributed by atoms with van der Waals surface area (Å²) in [5.74, 6) is -0.456. The minimum Gasteiger partial charge on any atom is -0.478 e. The smallest absolute Gasteiger partial charge is 0.414 e. The van der Waals surface area contributed by atoms with Crippen LogP contribution in [0, 0.1) is 0 Å². The summed E-state index contributed by atoms with van der Waals surface area (Å²) < 4.78 is 9.52. The zero-order valence-electron chi connectivity index (χ0n) is 19.7. The van der Waals surface area contributed by atoms with Crippen molar-refractivity contribution in [2.75, 3.05) is 11.9 Å². The maximum Gasteiger partial charge on any atom is 0.414 e. The predicted molar refractivity (Wildman–Crippen MR) is 129 cm³/mol. The Kier molecular flexibility index (Phi) is 5.40. The Labute approximate surface area is 192 Å². The largest absolute Gasteiger partial charge is 0.478 e. The Balaban J connectivity index is 1.98. The Morgan fingerprint density at radius 2 is 1.85 bits per heavy atom. The van der Waals surface area contributed by atoms with Crippen LogP contribution in [0.1, 0.15) is 38.1 Å². The van der Waals surface area contributed by atoms with Crippen LogP contribution in [0.15, 0.2) is 42.5 Å². The molecular weight excluding hydrogens is 420 g/mol. The van der Waals surface area contributed by atoms with Crippen molar-refractivity contribution in [2.24, 2.45) is 7.05 Å². The molecule has 0 bridgehead atoms. The molecule has 33 heavy (non-hydrogen) atoms. The number of benzene rings is 2. The molecule has 2 heterocycles. The molecule has 0 unspecified atom stereocenters. The highest BCUT2D eigenvalue weighted by Crippen LogP contribution is 2.35. The lowest BCUT2D eigenvalue weighted by Crippen LogP contribution is -2.34. The Morgan fingerprint density at radius 3 is 2.48 bits per heavy atom. The summed E-state index contributed by atoms with van der Waals surface area (Å²) in [5, 5.41) is 10.9. The number of aryl methyl sites for hydroxylation is 2. The zero-order valence-corrected chi connectivity index (χ0v) is 19.7. The molecule has 8 nitrogen and oxygen atoms in total. The van der Waals surface area contributed by atoms with Gasteiger partial charge in [-0.05, 0) is 52.0 Å². The van der Waals surface area contributed by atoms with E-state index in [1.807, 2.05) is 29.8 Å². The normalized spacial score (nSPS) is 11.8. The van der Waals surface area contributed by atoms with Gasteiger partial charge in [-0.15, -0.1) is 0 Å². The quantitative estimate of drug-likeness (QED) is 0.458. The molecule has 0 spiro atoms. The number of carbonyl (C=O) groups is 2. The molecule has 0 aliphatic heterocycles. The van der Waals surface area contributed by atoms with Crippen molar-refractivity contribution in [3.05, 3.63) is 48.0 Å². The molecule has 0 saturated carbocycles. The summed E-state index contributed by atoms with van der Waals surface area (Å²) in [6, 6.07) is 13.2. The number of carbonyl (C=O) groups excluding carboxylic acids is 1. The Morgan fingerprint density at radius 1 is 1.15 bits per heavy atom. The van der Waals surface area contributed by atoms with Crippen LogP contribution in [0.3, 0.4) is 0 Å². The molecule has 0 atom stereocenters. The molecule has 4 rings (SSSR count). The number of imidazole rings is 1. The number of fused-ring (bicyclic) bond motifs is 2. The predicted octanol–water partition coefficient (Wildman–Crippen LogP) is 5.28. The molecule has 0 saturated heterocycles. The number of nitrogens with zero attached hydrogens (tertiary/aromatic N) is 4. The van der Waals surface area contributed by atoms with Gasteiger partial charge in [0.05, 0.1) is 22.5 Å². The average molecular weight is 449 g/mol. The monoisotopic (exact) mass is 448 g/mol. The first kappa shape index (κ1) is 22.4. The summed E-state index contributed by atoms with van der Waals surface area (Å²) in [6.45, 7) is 8.18. The third kappa shape index (κ3) is 3.82. The van der Waals surface area contributed by atoms with E-state index in [2.05, 4.69) is 23.6 Å². The van der Waals surface area contributed by atoms with Gasteiger partial charge in [0.15, 0.2) is 5.82 Å². The zero-order chi connectivity index (χ0) is 24.1. The van der Waals surface area contributed by atoms with Crippen LogP contribution >= 0.6 is 0 Å². The summed E-state index contributed by atoms with van der Waals surface area (Å²) in [6.07, 6.45) is -0.530. The number of carboxylic acid groups (broad SMARTS) is 1. The van der Waals surface area contributed by atoms with E-state index in [1.165, 1.54) is 11.0 Å². The Hall–Kier alpha value is -3.81. The lowest BCUT2D eigenvalue weighted by atomic mass is 10.1. The van der Waals surface area contributed by atoms with E-state index in [-0.39, 0.29) is 5.56 Å². The second kappa shape index (κ2) is 7.95. The minimum atomic E-state index is -1.08. The van der Waals surface area contributed by atoms with Gasteiger partial charge >= 0.3 is 12.1 Å². The lowest BCUT2D eigenvalue weighted by molar-refractivity contribution is 0.0589. The van der Waals surface area contributed by atoms with Gasteiger partial charge in [0.1, 0.15) is 11.1 Å². The van der Waals surface area contributed by atoms with Gasteiger partial charge in [-0.3, -0.25) is 4.90 Å². The first-order valence-electron chi connectivity index (χ1n) is 10.8. The molecule has 0 aliphatic rings. The molecule has 1 amide bonds. The summed E-state index contributed by atoms with van der Waals surface area (Å²) in [5.41, 5.74) is 2.75. The minimum absolute atomic E-state index is 0.0762. The van der Waals surface area contributed by atoms with Crippen molar-refractivity contribution in [1.29, 1.82) is 0 Å². The van der Waals surface area contributed by atoms with Gasteiger partial charge in [0.25, 0.3) is 0 Å². The fraction of sp³-hybridized carbons (Fsp3) is 0.320. The second-order valence-electron chi connectivity index (χ2n) is 9.00. The van der Waals surface area contributed by atoms with Crippen molar-refractivity contribution in [3.63, 3.8) is 0 Å². The molecule has 172 valence electrons. The number of carboxylic acids is 1. The number of anilines is 1. The van der Waals surface area contributed by atoms with Crippen molar-refractivity contribution in [3.8, 4) is 11.5 Å². The van der Waals surface area contributed by atoms with Crippen LogP contribution in [0.2, 0.25) is 0 Å². The summed E-state index contributed by atoms with van der Waals surface area (Å²) in [4.78, 5) is 30.9. The third-order valence-corrected chi connectivity index (χ3v) is 5.62. The number of ether oxygens (including phenoxy) is 1. The lowest BCUT2D eigenvalue weighted by Gasteiger charge is -2.25. The van der Waals surface area contributed by atoms with Gasteiger partial charge in [-0.1, -0.05) is 18.2 Å². The molecule has 0 radical (unpaired) electrons. The SMILES string of the molecule is CCn1c(-c2nc3c(C(=O)O)ccc(N(C)C(=O)OC(C)(C)C)c3n2C)cc2ccccc21. The van der Waals surface area contributed by atoms with E-state index in [0.29, 0.717) is 22.5 Å². The molecule has 1 N–H and O–H groups in total. The van der Waals surface area contributed by atoms with E-state index < -0.39 is 17.7 Å². The van der Waals surface area contributed by atoms with E-state index in [0.717, 1.165) is 23.1 Å². The number of aromatic nitrogens is 3. The van der Waals surface area contributed by atoms with E-state index in [9.17, 15) is 14.7 Å². The first-order valence-corrected chi connectivity index (χ1v) is 10.8. The van der Waals surface area contributed by atoms with E-state index in [4.69, 9.17) is 9.72 Å². The van der Waals surface area contributed by atoms with Crippen molar-refractivity contribution in [2.45, 2.75) is 39.8 Å². The highest BCUT2D eigenvalue weighted by atomic mass is 16.6. The number of aromatic carboxylic acids is 1. The van der Waals surface area contributed by atoms with Gasteiger partial charge < -0.3 is 19.0 Å². The number of hydrogen-bond donors (Lipinski definition) is 1. The third-order valence-electron chi connectivity index (χ3n) is 5.62. The molecular formula is C25H28N4O4. The number of hydrogen-bond acceptors (Lipinski definition) is 4. The van der Waals surface area contributed by atoms with E-state index >= 15 is 0 Å². The number of para-hydroxylation sites is 1. The van der Waals surface area contributed by atoms with Gasteiger partial charge in [-0.25, -0.2) is 14.6 Å². The van der Waals surface area contributed by atoms with Crippen LogP contribution in [0.5, 0.6) is 0 Å². The molecule has 8 heteroatoms. The number of amides is 1. The van der Waals surface area contributed by atoms with Crippen LogP contribution in [0.25, 0.3) is 33.5 Å². The van der Waals surface area contributed by atoms with Crippen LogP contribution < -0.4 is 4.90 Å². The second-order valence-corrected chi connectivity index (χ2v) is 9.00. The maximum atomic E-state index is 12.8. The summed E-state index contributed by atoms with van der Waals surface area (Å²) in [7, 11) is 3.44. The first-order chi connectivity index (χ1) is 15.5. The van der Waals surface area contributed by atoms with Crippen molar-refractivity contribution in [1.82, 2.24) is 14.1 Å². The van der Waals surface area contributed by atoms with Gasteiger partial charge in [0.2, 0.25) is 0 Å². The van der Waals surface area contributed by atoms with Crippen LogP contribution in [-0.4, -0.2) is 43.9 Å². The van der Waals surface area contributed by atoms with Crippen molar-refractivity contribution >= 4 is 39.7 Å². The fourth-order valence-electron chi connectivity index (χ4n) is 4.14. The molecule has 0 aliphatic carbocycles. The average Bonchev–Trinajstić information content (AvgIpc) is 3.28.